The van der Waals surface area contributed by atoms with Gasteiger partial charge in [0.1, 0.15) is 4.92 Å². The number of hydrogen-bond donors (Lipinski definition) is 2. The van der Waals surface area contributed by atoms with Crippen LogP contribution in [0.5, 0.6) is 0 Å². The van der Waals surface area contributed by atoms with Gasteiger partial charge >= 0.3 is 11.9 Å². The van der Waals surface area contributed by atoms with Crippen molar-refractivity contribution in [2.24, 2.45) is 0 Å². The first-order chi connectivity index (χ1) is 9.95. The van der Waals surface area contributed by atoms with Crippen LogP contribution in [0, 0.1) is 20.2 Å². The largest absolute Gasteiger partial charge is 0.434 e. The molecular formula is C11H8N4O6. The SMILES string of the molecule is O=C(Nc1ccc([N+](=O)[O-])cc1)Nc1ccc([N+](=O)[O-])o1. The van der Waals surface area contributed by atoms with Gasteiger partial charge in [-0.1, -0.05) is 0 Å². The molecule has 0 saturated heterocycles. The van der Waals surface area contributed by atoms with E-state index in [0.717, 1.165) is 6.07 Å². The summed E-state index contributed by atoms with van der Waals surface area (Å²) in [4.78, 5) is 31.2. The normalized spacial score (nSPS) is 9.90. The summed E-state index contributed by atoms with van der Waals surface area (Å²) in [5, 5.41) is 25.5. The Morgan fingerprint density at radius 1 is 0.952 bits per heavy atom. The van der Waals surface area contributed by atoms with Crippen molar-refractivity contribution >= 4 is 29.2 Å². The minimum absolute atomic E-state index is 0.0962. The van der Waals surface area contributed by atoms with Gasteiger partial charge in [-0.2, -0.15) is 0 Å². The number of benzene rings is 1. The van der Waals surface area contributed by atoms with Gasteiger partial charge < -0.3 is 9.73 Å². The molecule has 0 aliphatic heterocycles. The molecule has 108 valence electrons. The van der Waals surface area contributed by atoms with E-state index in [9.17, 15) is 25.0 Å². The number of furan rings is 1. The van der Waals surface area contributed by atoms with E-state index in [1.165, 1.54) is 30.3 Å². The second-order valence-electron chi connectivity index (χ2n) is 3.78. The van der Waals surface area contributed by atoms with Gasteiger partial charge in [0.2, 0.25) is 5.88 Å². The minimum Gasteiger partial charge on any atom is -0.384 e. The van der Waals surface area contributed by atoms with Crippen molar-refractivity contribution in [3.05, 3.63) is 56.6 Å². The van der Waals surface area contributed by atoms with Gasteiger partial charge in [0.05, 0.1) is 11.0 Å². The molecule has 0 radical (unpaired) electrons. The summed E-state index contributed by atoms with van der Waals surface area (Å²) in [6.45, 7) is 0. The number of non-ortho nitro benzene ring substituents is 1. The maximum Gasteiger partial charge on any atom is 0.434 e. The monoisotopic (exact) mass is 292 g/mol. The van der Waals surface area contributed by atoms with Crippen LogP contribution in [0.4, 0.5) is 27.9 Å². The van der Waals surface area contributed by atoms with Crippen LogP contribution < -0.4 is 10.6 Å². The van der Waals surface area contributed by atoms with E-state index in [1.807, 2.05) is 0 Å². The third-order valence-electron chi connectivity index (χ3n) is 2.34. The van der Waals surface area contributed by atoms with Crippen LogP contribution in [0.25, 0.3) is 0 Å². The highest BCUT2D eigenvalue weighted by molar-refractivity contribution is 5.99. The molecule has 1 aromatic heterocycles. The van der Waals surface area contributed by atoms with Crippen molar-refractivity contribution in [3.63, 3.8) is 0 Å². The molecule has 2 amide bonds. The Kier molecular flexibility index (Phi) is 3.79. The van der Waals surface area contributed by atoms with Crippen LogP contribution in [0.2, 0.25) is 0 Å². The predicted molar refractivity (Wildman–Crippen MR) is 71.1 cm³/mol. The molecule has 0 bridgehead atoms. The minimum atomic E-state index is -0.737. The van der Waals surface area contributed by atoms with Crippen molar-refractivity contribution < 1.29 is 19.1 Å². The summed E-state index contributed by atoms with van der Waals surface area (Å²) in [6.07, 6.45) is 0. The number of anilines is 2. The van der Waals surface area contributed by atoms with Crippen LogP contribution in [-0.4, -0.2) is 15.9 Å². The highest BCUT2D eigenvalue weighted by Gasteiger charge is 2.13. The lowest BCUT2D eigenvalue weighted by atomic mass is 10.3. The van der Waals surface area contributed by atoms with E-state index in [-0.39, 0.29) is 11.6 Å². The van der Waals surface area contributed by atoms with Crippen molar-refractivity contribution in [2.75, 3.05) is 10.6 Å². The first kappa shape index (κ1) is 14.0. The van der Waals surface area contributed by atoms with E-state index in [2.05, 4.69) is 10.6 Å². The summed E-state index contributed by atoms with van der Waals surface area (Å²) in [7, 11) is 0. The molecule has 10 heteroatoms. The number of nitrogens with zero attached hydrogens (tertiary/aromatic N) is 2. The first-order valence-corrected chi connectivity index (χ1v) is 5.52. The lowest BCUT2D eigenvalue weighted by molar-refractivity contribution is -0.401. The molecule has 0 spiro atoms. The molecule has 0 saturated carbocycles. The first-order valence-electron chi connectivity index (χ1n) is 5.52. The molecule has 0 aliphatic rings. The van der Waals surface area contributed by atoms with E-state index >= 15 is 0 Å². The van der Waals surface area contributed by atoms with Crippen LogP contribution in [-0.2, 0) is 0 Å². The number of nitro benzene ring substituents is 1. The van der Waals surface area contributed by atoms with Gasteiger partial charge in [0, 0.05) is 23.9 Å². The van der Waals surface area contributed by atoms with Gasteiger partial charge in [-0.25, -0.2) is 4.79 Å². The summed E-state index contributed by atoms with van der Waals surface area (Å²) < 4.78 is 4.74. The summed E-state index contributed by atoms with van der Waals surface area (Å²) in [6, 6.07) is 6.79. The summed E-state index contributed by atoms with van der Waals surface area (Å²) in [5.74, 6) is -0.596. The molecule has 0 aliphatic carbocycles. The van der Waals surface area contributed by atoms with Gasteiger partial charge in [-0.05, 0) is 12.1 Å². The Balaban J connectivity index is 1.97. The topological polar surface area (TPSA) is 141 Å². The molecule has 0 fully saturated rings. The second-order valence-corrected chi connectivity index (χ2v) is 3.78. The molecule has 10 nitrogen and oxygen atoms in total. The van der Waals surface area contributed by atoms with Crippen molar-refractivity contribution in [1.29, 1.82) is 0 Å². The standard InChI is InChI=1S/C11H8N4O6/c16-11(13-9-5-6-10(21-9)15(19)20)12-7-1-3-8(4-2-7)14(17)18/h1-6H,(H2,12,13,16). The van der Waals surface area contributed by atoms with Crippen LogP contribution in [0.1, 0.15) is 0 Å². The highest BCUT2D eigenvalue weighted by atomic mass is 16.6. The Hall–Kier alpha value is -3.43. The Bertz CT molecular complexity index is 693. The number of rotatable bonds is 4. The third kappa shape index (κ3) is 3.53. The number of urea groups is 1. The number of amides is 2. The number of carbonyl (C=O) groups excluding carboxylic acids is 1. The van der Waals surface area contributed by atoms with Crippen molar-refractivity contribution in [3.8, 4) is 0 Å². The lowest BCUT2D eigenvalue weighted by Gasteiger charge is -2.04. The number of nitrogens with one attached hydrogen (secondary N) is 2. The fourth-order valence-electron chi connectivity index (χ4n) is 1.43. The molecule has 1 heterocycles. The molecule has 21 heavy (non-hydrogen) atoms. The number of carbonyl (C=O) groups is 1. The average molecular weight is 292 g/mol. The maximum atomic E-state index is 11.6. The zero-order chi connectivity index (χ0) is 15.4. The second kappa shape index (κ2) is 5.69. The van der Waals surface area contributed by atoms with Crippen LogP contribution >= 0.6 is 0 Å². The fraction of sp³-hybridized carbons (Fsp3) is 0. The maximum absolute atomic E-state index is 11.6. The van der Waals surface area contributed by atoms with Crippen molar-refractivity contribution in [1.82, 2.24) is 0 Å². The summed E-state index contributed by atoms with van der Waals surface area (Å²) in [5.41, 5.74) is 0.210. The molecule has 2 aromatic rings. The van der Waals surface area contributed by atoms with Gasteiger partial charge in [-0.3, -0.25) is 25.5 Å². The zero-order valence-electron chi connectivity index (χ0n) is 10.3. The molecule has 2 rings (SSSR count). The Morgan fingerprint density at radius 3 is 2.14 bits per heavy atom. The van der Waals surface area contributed by atoms with E-state index in [0.29, 0.717) is 5.69 Å². The van der Waals surface area contributed by atoms with Gasteiger partial charge in [0.25, 0.3) is 5.69 Å². The Labute approximate surface area is 116 Å². The van der Waals surface area contributed by atoms with Crippen molar-refractivity contribution in [2.45, 2.75) is 0 Å². The average Bonchev–Trinajstić information content (AvgIpc) is 2.87. The molecule has 1 aromatic carbocycles. The van der Waals surface area contributed by atoms with E-state index in [1.54, 1.807) is 0 Å². The quantitative estimate of drug-likeness (QED) is 0.655. The summed E-state index contributed by atoms with van der Waals surface area (Å²) >= 11 is 0. The Morgan fingerprint density at radius 2 is 1.62 bits per heavy atom. The number of nitro groups is 2. The zero-order valence-corrected chi connectivity index (χ0v) is 10.3. The third-order valence-corrected chi connectivity index (χ3v) is 2.34. The van der Waals surface area contributed by atoms with Gasteiger partial charge in [-0.15, -0.1) is 0 Å². The lowest BCUT2D eigenvalue weighted by Crippen LogP contribution is -2.18. The fourth-order valence-corrected chi connectivity index (χ4v) is 1.43. The van der Waals surface area contributed by atoms with E-state index in [4.69, 9.17) is 4.42 Å². The molecule has 2 N–H and O–H groups in total. The van der Waals surface area contributed by atoms with Gasteiger partial charge in [0.15, 0.2) is 0 Å². The smallest absolute Gasteiger partial charge is 0.384 e. The van der Waals surface area contributed by atoms with E-state index < -0.39 is 21.8 Å². The molecular weight excluding hydrogens is 284 g/mol. The van der Waals surface area contributed by atoms with Crippen LogP contribution in [0.3, 0.4) is 0 Å². The van der Waals surface area contributed by atoms with Crippen LogP contribution in [0.15, 0.2) is 40.8 Å². The predicted octanol–water partition coefficient (Wildman–Crippen LogP) is 2.74. The molecule has 0 atom stereocenters. The molecule has 0 unspecified atom stereocenters. The number of hydrogen-bond acceptors (Lipinski definition) is 6. The highest BCUT2D eigenvalue weighted by Crippen LogP contribution is 2.20.